The van der Waals surface area contributed by atoms with Crippen LogP contribution in [0.5, 0.6) is 0 Å². The van der Waals surface area contributed by atoms with Crippen molar-refractivity contribution < 1.29 is 23.9 Å². The van der Waals surface area contributed by atoms with Crippen molar-refractivity contribution in [2.24, 2.45) is 5.73 Å². The number of carbonyl (C=O) groups is 3. The predicted octanol–water partition coefficient (Wildman–Crippen LogP) is 3.47. The van der Waals surface area contributed by atoms with Crippen LogP contribution in [-0.2, 0) is 20.7 Å². The van der Waals surface area contributed by atoms with Gasteiger partial charge in [-0.15, -0.1) is 11.3 Å². The molecule has 1 aromatic heterocycles. The number of carbonyl (C=O) groups excluding carboxylic acids is 3. The third-order valence-electron chi connectivity index (χ3n) is 5.34. The topological polar surface area (TPSA) is 120 Å². The van der Waals surface area contributed by atoms with Gasteiger partial charge in [-0.05, 0) is 30.0 Å². The van der Waals surface area contributed by atoms with Crippen LogP contribution in [0.25, 0.3) is 0 Å². The Morgan fingerprint density at radius 1 is 1.00 bits per heavy atom. The Labute approximate surface area is 208 Å². The molecule has 2 aromatic carbocycles. The Hall–Kier alpha value is -3.53. The first kappa shape index (κ1) is 26.1. The standard InChI is InChI=1S/C26H29N3O5S/c1-17-22(26(32)34-14-13-33-2)25(35-23(17)24(27)31)29-21(30)16-28-20(19-11-7-4-8-12-19)15-18-9-5-3-6-10-18/h3-12,20,28H,13-16H2,1-2H3,(H2,27,31)(H,29,30). The monoisotopic (exact) mass is 495 g/mol. The summed E-state index contributed by atoms with van der Waals surface area (Å²) in [4.78, 5) is 37.5. The van der Waals surface area contributed by atoms with Crippen molar-refractivity contribution in [3.63, 3.8) is 0 Å². The molecule has 0 bridgehead atoms. The maximum Gasteiger partial charge on any atom is 0.341 e. The fourth-order valence-electron chi connectivity index (χ4n) is 3.60. The van der Waals surface area contributed by atoms with Gasteiger partial charge in [-0.1, -0.05) is 60.7 Å². The molecule has 0 spiro atoms. The molecule has 0 aliphatic carbocycles. The van der Waals surface area contributed by atoms with Gasteiger partial charge in [0.2, 0.25) is 5.91 Å². The van der Waals surface area contributed by atoms with Crippen LogP contribution >= 0.6 is 11.3 Å². The van der Waals surface area contributed by atoms with Gasteiger partial charge in [0, 0.05) is 13.2 Å². The molecule has 184 valence electrons. The molecule has 3 aromatic rings. The molecule has 9 heteroatoms. The van der Waals surface area contributed by atoms with Gasteiger partial charge in [-0.2, -0.15) is 0 Å². The maximum absolute atomic E-state index is 12.9. The van der Waals surface area contributed by atoms with Crippen LogP contribution in [0, 0.1) is 6.92 Å². The molecular weight excluding hydrogens is 466 g/mol. The molecule has 0 radical (unpaired) electrons. The van der Waals surface area contributed by atoms with Crippen LogP contribution in [0.4, 0.5) is 5.00 Å². The molecule has 1 atom stereocenters. The van der Waals surface area contributed by atoms with E-state index in [0.717, 1.165) is 22.5 Å². The fourth-order valence-corrected chi connectivity index (χ4v) is 4.67. The molecule has 0 aliphatic heterocycles. The van der Waals surface area contributed by atoms with Crippen molar-refractivity contribution >= 4 is 34.1 Å². The zero-order valence-corrected chi connectivity index (χ0v) is 20.5. The van der Waals surface area contributed by atoms with Gasteiger partial charge in [0.25, 0.3) is 5.91 Å². The largest absolute Gasteiger partial charge is 0.460 e. The van der Waals surface area contributed by atoms with E-state index in [1.165, 1.54) is 7.11 Å². The molecule has 1 heterocycles. The third-order valence-corrected chi connectivity index (χ3v) is 6.56. The van der Waals surface area contributed by atoms with E-state index in [1.54, 1.807) is 6.92 Å². The molecule has 3 rings (SSSR count). The van der Waals surface area contributed by atoms with Crippen LogP contribution in [0.15, 0.2) is 60.7 Å². The van der Waals surface area contributed by atoms with Gasteiger partial charge in [0.1, 0.15) is 11.6 Å². The van der Waals surface area contributed by atoms with Gasteiger partial charge in [0.05, 0.1) is 23.6 Å². The van der Waals surface area contributed by atoms with Crippen LogP contribution in [0.3, 0.4) is 0 Å². The number of primary amides is 1. The second-order valence-corrected chi connectivity index (χ2v) is 8.86. The number of hydrogen-bond acceptors (Lipinski definition) is 7. The van der Waals surface area contributed by atoms with E-state index in [9.17, 15) is 14.4 Å². The van der Waals surface area contributed by atoms with E-state index >= 15 is 0 Å². The molecule has 0 aliphatic rings. The molecule has 4 N–H and O–H groups in total. The maximum atomic E-state index is 12.9. The lowest BCUT2D eigenvalue weighted by atomic mass is 9.99. The predicted molar refractivity (Wildman–Crippen MR) is 136 cm³/mol. The molecule has 8 nitrogen and oxygen atoms in total. The lowest BCUT2D eigenvalue weighted by molar-refractivity contribution is -0.115. The number of benzene rings is 2. The number of ether oxygens (including phenoxy) is 2. The fraction of sp³-hybridized carbons (Fsp3) is 0.269. The van der Waals surface area contributed by atoms with E-state index in [1.807, 2.05) is 60.7 Å². The number of methoxy groups -OCH3 is 1. The Kier molecular flexibility index (Phi) is 9.54. The summed E-state index contributed by atoms with van der Waals surface area (Å²) in [5.74, 6) is -1.69. The van der Waals surface area contributed by atoms with Crippen LogP contribution in [-0.4, -0.2) is 44.7 Å². The summed E-state index contributed by atoms with van der Waals surface area (Å²) in [6.45, 7) is 1.87. The highest BCUT2D eigenvalue weighted by Crippen LogP contribution is 2.33. The third kappa shape index (κ3) is 7.22. The lowest BCUT2D eigenvalue weighted by Crippen LogP contribution is -2.32. The molecular formula is C26H29N3O5S. The second kappa shape index (κ2) is 12.8. The molecule has 1 unspecified atom stereocenters. The van der Waals surface area contributed by atoms with Gasteiger partial charge in [0.15, 0.2) is 0 Å². The quantitative estimate of drug-likeness (QED) is 0.261. The van der Waals surface area contributed by atoms with E-state index in [4.69, 9.17) is 15.2 Å². The molecule has 2 amide bonds. The number of anilines is 1. The molecule has 0 saturated heterocycles. The summed E-state index contributed by atoms with van der Waals surface area (Å²) >= 11 is 0.957. The van der Waals surface area contributed by atoms with Crippen molar-refractivity contribution in [3.05, 3.63) is 87.8 Å². The number of nitrogens with two attached hydrogens (primary N) is 1. The summed E-state index contributed by atoms with van der Waals surface area (Å²) in [7, 11) is 1.49. The normalized spacial score (nSPS) is 11.6. The van der Waals surface area contributed by atoms with Crippen LogP contribution in [0.2, 0.25) is 0 Å². The van der Waals surface area contributed by atoms with Crippen molar-refractivity contribution in [2.75, 3.05) is 32.2 Å². The average Bonchev–Trinajstić information content (AvgIpc) is 3.18. The smallest absolute Gasteiger partial charge is 0.341 e. The summed E-state index contributed by atoms with van der Waals surface area (Å²) in [6, 6.07) is 19.8. The number of nitrogens with one attached hydrogen (secondary N) is 2. The molecule has 0 saturated carbocycles. The Balaban J connectivity index is 1.74. The van der Waals surface area contributed by atoms with Crippen molar-refractivity contribution in [2.45, 2.75) is 19.4 Å². The van der Waals surface area contributed by atoms with Crippen LogP contribution < -0.4 is 16.4 Å². The van der Waals surface area contributed by atoms with E-state index in [0.29, 0.717) is 12.0 Å². The summed E-state index contributed by atoms with van der Waals surface area (Å²) in [5, 5.41) is 6.28. The van der Waals surface area contributed by atoms with Crippen LogP contribution in [0.1, 0.15) is 42.8 Å². The zero-order valence-electron chi connectivity index (χ0n) is 19.7. The highest BCUT2D eigenvalue weighted by atomic mass is 32.1. The summed E-state index contributed by atoms with van der Waals surface area (Å²) in [6.07, 6.45) is 0.694. The molecule has 0 fully saturated rings. The van der Waals surface area contributed by atoms with Gasteiger partial charge < -0.3 is 25.8 Å². The Morgan fingerprint density at radius 2 is 1.66 bits per heavy atom. The van der Waals surface area contributed by atoms with E-state index < -0.39 is 11.9 Å². The second-order valence-electron chi connectivity index (χ2n) is 7.84. The highest BCUT2D eigenvalue weighted by Gasteiger charge is 2.26. The Morgan fingerprint density at radius 3 is 2.29 bits per heavy atom. The minimum absolute atomic E-state index is 0.00654. The number of thiophene rings is 1. The van der Waals surface area contributed by atoms with Gasteiger partial charge in [-0.3, -0.25) is 9.59 Å². The SMILES string of the molecule is COCCOC(=O)c1c(NC(=O)CNC(Cc2ccccc2)c2ccccc2)sc(C(N)=O)c1C. The Bertz CT molecular complexity index is 1150. The van der Waals surface area contributed by atoms with Gasteiger partial charge in [-0.25, -0.2) is 4.79 Å². The first-order valence-electron chi connectivity index (χ1n) is 11.1. The van der Waals surface area contributed by atoms with E-state index in [2.05, 4.69) is 10.6 Å². The van der Waals surface area contributed by atoms with Gasteiger partial charge >= 0.3 is 5.97 Å². The zero-order chi connectivity index (χ0) is 25.2. The lowest BCUT2D eigenvalue weighted by Gasteiger charge is -2.19. The first-order chi connectivity index (χ1) is 16.9. The number of hydrogen-bond donors (Lipinski definition) is 3. The van der Waals surface area contributed by atoms with Crippen molar-refractivity contribution in [1.29, 1.82) is 0 Å². The minimum atomic E-state index is -0.677. The number of rotatable bonds is 12. The summed E-state index contributed by atoms with van der Waals surface area (Å²) in [5.41, 5.74) is 8.14. The van der Waals surface area contributed by atoms with E-state index in [-0.39, 0.29) is 47.1 Å². The highest BCUT2D eigenvalue weighted by molar-refractivity contribution is 7.18. The van der Waals surface area contributed by atoms with Crippen molar-refractivity contribution in [3.8, 4) is 0 Å². The van der Waals surface area contributed by atoms with Crippen molar-refractivity contribution in [1.82, 2.24) is 5.32 Å². The number of esters is 1. The molecule has 35 heavy (non-hydrogen) atoms. The number of amides is 2. The summed E-state index contributed by atoms with van der Waals surface area (Å²) < 4.78 is 10.1. The first-order valence-corrected chi connectivity index (χ1v) is 11.9. The minimum Gasteiger partial charge on any atom is -0.460 e. The average molecular weight is 496 g/mol.